The molecule has 7 heteroatoms. The average Bonchev–Trinajstić information content (AvgIpc) is 2.65. The van der Waals surface area contributed by atoms with Crippen LogP contribution in [0, 0.1) is 5.82 Å². The van der Waals surface area contributed by atoms with Crippen LogP contribution in [0.4, 0.5) is 21.8 Å². The first-order valence-electron chi connectivity index (χ1n) is 8.52. The number of hydrogen-bond acceptors (Lipinski definition) is 5. The molecule has 0 aliphatic carbocycles. The Morgan fingerprint density at radius 1 is 1.04 bits per heavy atom. The molecule has 3 aromatic rings. The summed E-state index contributed by atoms with van der Waals surface area (Å²) in [5.74, 6) is 0.939. The van der Waals surface area contributed by atoms with Crippen molar-refractivity contribution in [3.8, 4) is 0 Å². The van der Waals surface area contributed by atoms with Crippen LogP contribution in [-0.2, 0) is 0 Å². The number of aromatic nitrogens is 2. The van der Waals surface area contributed by atoms with Gasteiger partial charge in [0.25, 0.3) is 0 Å². The molecule has 0 radical (unpaired) electrons. The third-order valence-electron chi connectivity index (χ3n) is 4.56. The smallest absolute Gasteiger partial charge is 0.229 e. The quantitative estimate of drug-likeness (QED) is 0.756. The number of fused-ring (bicyclic) bond motifs is 1. The predicted octanol–water partition coefficient (Wildman–Crippen LogP) is 3.92. The maximum Gasteiger partial charge on any atom is 0.229 e. The summed E-state index contributed by atoms with van der Waals surface area (Å²) in [7, 11) is 2.13. The molecule has 0 amide bonds. The highest BCUT2D eigenvalue weighted by Gasteiger charge is 2.19. The van der Waals surface area contributed by atoms with Crippen molar-refractivity contribution in [2.45, 2.75) is 0 Å². The van der Waals surface area contributed by atoms with Gasteiger partial charge in [-0.15, -0.1) is 0 Å². The minimum atomic E-state index is -0.449. The zero-order valence-electron chi connectivity index (χ0n) is 14.4. The van der Waals surface area contributed by atoms with Crippen LogP contribution in [0.25, 0.3) is 10.9 Å². The topological polar surface area (TPSA) is 44.3 Å². The molecule has 0 unspecified atom stereocenters. The summed E-state index contributed by atoms with van der Waals surface area (Å²) >= 11 is 5.87. The largest absolute Gasteiger partial charge is 0.353 e. The molecule has 1 aromatic heterocycles. The molecule has 1 saturated heterocycles. The van der Waals surface area contributed by atoms with E-state index in [1.807, 2.05) is 24.3 Å². The normalized spacial score (nSPS) is 15.4. The number of para-hydroxylation sites is 1. The molecule has 2 heterocycles. The van der Waals surface area contributed by atoms with Crippen LogP contribution < -0.4 is 10.2 Å². The fraction of sp³-hybridized carbons (Fsp3) is 0.263. The second kappa shape index (κ2) is 7.05. The van der Waals surface area contributed by atoms with Crippen molar-refractivity contribution in [3.05, 3.63) is 53.3 Å². The highest BCUT2D eigenvalue weighted by molar-refractivity contribution is 6.31. The second-order valence-electron chi connectivity index (χ2n) is 6.43. The highest BCUT2D eigenvalue weighted by Crippen LogP contribution is 2.28. The van der Waals surface area contributed by atoms with Gasteiger partial charge in [0.05, 0.1) is 10.5 Å². The van der Waals surface area contributed by atoms with E-state index < -0.39 is 5.82 Å². The standard InChI is InChI=1S/C19H19ClFN5/c1-25-8-10-26(11-9-25)18-14-4-2-3-5-17(14)23-19(24-18)22-13-6-7-16(21)15(20)12-13/h2-7,12H,8-11H2,1H3,(H,22,23,24). The first-order valence-corrected chi connectivity index (χ1v) is 8.90. The number of benzene rings is 2. The van der Waals surface area contributed by atoms with Crippen molar-refractivity contribution in [1.29, 1.82) is 0 Å². The van der Waals surface area contributed by atoms with E-state index in [4.69, 9.17) is 16.6 Å². The van der Waals surface area contributed by atoms with E-state index in [1.54, 1.807) is 6.07 Å². The summed E-state index contributed by atoms with van der Waals surface area (Å²) in [6.07, 6.45) is 0. The van der Waals surface area contributed by atoms with Crippen LogP contribution in [0.5, 0.6) is 0 Å². The van der Waals surface area contributed by atoms with Gasteiger partial charge in [0.15, 0.2) is 0 Å². The maximum absolute atomic E-state index is 13.4. The van der Waals surface area contributed by atoms with Gasteiger partial charge in [0.1, 0.15) is 11.6 Å². The average molecular weight is 372 g/mol. The molecular weight excluding hydrogens is 353 g/mol. The zero-order valence-corrected chi connectivity index (χ0v) is 15.2. The fourth-order valence-corrected chi connectivity index (χ4v) is 3.26. The highest BCUT2D eigenvalue weighted by atomic mass is 35.5. The number of halogens is 2. The van der Waals surface area contributed by atoms with E-state index >= 15 is 0 Å². The van der Waals surface area contributed by atoms with Crippen molar-refractivity contribution in [1.82, 2.24) is 14.9 Å². The molecule has 1 fully saturated rings. The Kier molecular flexibility index (Phi) is 4.61. The van der Waals surface area contributed by atoms with E-state index in [0.29, 0.717) is 11.6 Å². The molecule has 26 heavy (non-hydrogen) atoms. The summed E-state index contributed by atoms with van der Waals surface area (Å²) in [4.78, 5) is 13.9. The van der Waals surface area contributed by atoms with E-state index in [1.165, 1.54) is 12.1 Å². The number of likely N-dealkylation sites (N-methyl/N-ethyl adjacent to an activating group) is 1. The van der Waals surface area contributed by atoms with Crippen molar-refractivity contribution < 1.29 is 4.39 Å². The first kappa shape index (κ1) is 17.0. The first-order chi connectivity index (χ1) is 12.6. The molecule has 1 N–H and O–H groups in total. The third-order valence-corrected chi connectivity index (χ3v) is 4.85. The minimum absolute atomic E-state index is 0.0649. The molecule has 134 valence electrons. The summed E-state index contributed by atoms with van der Waals surface area (Å²) < 4.78 is 13.4. The second-order valence-corrected chi connectivity index (χ2v) is 6.84. The Hall–Kier alpha value is -2.44. The van der Waals surface area contributed by atoms with Crippen molar-refractivity contribution in [2.75, 3.05) is 43.4 Å². The summed E-state index contributed by atoms with van der Waals surface area (Å²) in [5, 5.41) is 4.23. The summed E-state index contributed by atoms with van der Waals surface area (Å²) in [6, 6.07) is 12.5. The van der Waals surface area contributed by atoms with E-state index in [2.05, 4.69) is 27.1 Å². The van der Waals surface area contributed by atoms with Crippen LogP contribution in [0.2, 0.25) is 5.02 Å². The van der Waals surface area contributed by atoms with Crippen LogP contribution in [0.15, 0.2) is 42.5 Å². The lowest BCUT2D eigenvalue weighted by Crippen LogP contribution is -2.45. The van der Waals surface area contributed by atoms with Crippen LogP contribution in [0.1, 0.15) is 0 Å². The minimum Gasteiger partial charge on any atom is -0.353 e. The monoisotopic (exact) mass is 371 g/mol. The lowest BCUT2D eigenvalue weighted by atomic mass is 10.2. The van der Waals surface area contributed by atoms with Gasteiger partial charge < -0.3 is 15.1 Å². The summed E-state index contributed by atoms with van der Waals surface area (Å²) in [5.41, 5.74) is 1.52. The van der Waals surface area contributed by atoms with Gasteiger partial charge in [-0.1, -0.05) is 23.7 Å². The number of nitrogens with one attached hydrogen (secondary N) is 1. The maximum atomic E-state index is 13.4. The number of anilines is 3. The molecule has 5 nitrogen and oxygen atoms in total. The molecule has 0 bridgehead atoms. The molecule has 0 saturated carbocycles. The molecule has 4 rings (SSSR count). The fourth-order valence-electron chi connectivity index (χ4n) is 3.08. The lowest BCUT2D eigenvalue weighted by Gasteiger charge is -2.33. The van der Waals surface area contributed by atoms with E-state index in [9.17, 15) is 4.39 Å². The molecular formula is C19H19ClFN5. The lowest BCUT2D eigenvalue weighted by molar-refractivity contribution is 0.312. The van der Waals surface area contributed by atoms with Crippen LogP contribution >= 0.6 is 11.6 Å². The van der Waals surface area contributed by atoms with Crippen molar-refractivity contribution in [3.63, 3.8) is 0 Å². The number of piperazine rings is 1. The van der Waals surface area contributed by atoms with E-state index in [0.717, 1.165) is 42.9 Å². The van der Waals surface area contributed by atoms with Crippen molar-refractivity contribution >= 4 is 40.0 Å². The number of nitrogens with zero attached hydrogens (tertiary/aromatic N) is 4. The summed E-state index contributed by atoms with van der Waals surface area (Å²) in [6.45, 7) is 3.82. The van der Waals surface area contributed by atoms with Crippen molar-refractivity contribution in [2.24, 2.45) is 0 Å². The van der Waals surface area contributed by atoms with Gasteiger partial charge in [-0.2, -0.15) is 4.98 Å². The third kappa shape index (κ3) is 3.43. The Bertz CT molecular complexity index is 940. The van der Waals surface area contributed by atoms with Crippen LogP contribution in [-0.4, -0.2) is 48.1 Å². The predicted molar refractivity (Wildman–Crippen MR) is 104 cm³/mol. The van der Waals surface area contributed by atoms with Gasteiger partial charge >= 0.3 is 0 Å². The molecule has 1 aliphatic rings. The van der Waals surface area contributed by atoms with Crippen LogP contribution in [0.3, 0.4) is 0 Å². The van der Waals surface area contributed by atoms with Gasteiger partial charge in [0, 0.05) is 37.3 Å². The Balaban J connectivity index is 1.72. The van der Waals surface area contributed by atoms with Gasteiger partial charge in [-0.3, -0.25) is 0 Å². The molecule has 1 aliphatic heterocycles. The Morgan fingerprint density at radius 3 is 2.58 bits per heavy atom. The molecule has 0 atom stereocenters. The SMILES string of the molecule is CN1CCN(c2nc(Nc3ccc(F)c(Cl)c3)nc3ccccc23)CC1. The van der Waals surface area contributed by atoms with Gasteiger partial charge in [-0.25, -0.2) is 9.37 Å². The Labute approximate surface area is 156 Å². The zero-order chi connectivity index (χ0) is 18.1. The molecule has 0 spiro atoms. The Morgan fingerprint density at radius 2 is 1.81 bits per heavy atom. The van der Waals surface area contributed by atoms with Gasteiger partial charge in [-0.05, 0) is 37.4 Å². The molecule has 2 aromatic carbocycles. The van der Waals surface area contributed by atoms with Gasteiger partial charge in [0.2, 0.25) is 5.95 Å². The number of rotatable bonds is 3. The number of hydrogen-bond donors (Lipinski definition) is 1. The van der Waals surface area contributed by atoms with E-state index in [-0.39, 0.29) is 5.02 Å².